The van der Waals surface area contributed by atoms with Crippen molar-refractivity contribution in [2.75, 3.05) is 26.2 Å². The molecule has 0 spiro atoms. The molecule has 140 valence electrons. The summed E-state index contributed by atoms with van der Waals surface area (Å²) in [6.07, 6.45) is -0.362. The van der Waals surface area contributed by atoms with Crippen molar-refractivity contribution in [3.8, 4) is 0 Å². The first kappa shape index (κ1) is 18.9. The van der Waals surface area contributed by atoms with E-state index < -0.39 is 26.6 Å². The van der Waals surface area contributed by atoms with Crippen LogP contribution in [0.3, 0.4) is 0 Å². The summed E-state index contributed by atoms with van der Waals surface area (Å²) in [7, 11) is -4.15. The van der Waals surface area contributed by atoms with Crippen molar-refractivity contribution in [1.82, 2.24) is 9.62 Å². The van der Waals surface area contributed by atoms with Gasteiger partial charge in [0.15, 0.2) is 0 Å². The maximum Gasteiger partial charge on any atom is 0.243 e. The maximum absolute atomic E-state index is 13.7. The van der Waals surface area contributed by atoms with Gasteiger partial charge in [0.2, 0.25) is 10.0 Å². The van der Waals surface area contributed by atoms with E-state index in [0.29, 0.717) is 19.2 Å². The Morgan fingerprint density at radius 1 is 1.15 bits per heavy atom. The zero-order valence-electron chi connectivity index (χ0n) is 14.1. The molecule has 1 atom stereocenters. The van der Waals surface area contributed by atoms with Crippen molar-refractivity contribution in [2.45, 2.75) is 17.5 Å². The highest BCUT2D eigenvalue weighted by atomic mass is 32.2. The zero-order valence-corrected chi connectivity index (χ0v) is 14.9. The first-order valence-electron chi connectivity index (χ1n) is 8.26. The van der Waals surface area contributed by atoms with E-state index in [0.717, 1.165) is 30.8 Å². The molecule has 0 saturated carbocycles. The van der Waals surface area contributed by atoms with Crippen molar-refractivity contribution >= 4 is 10.0 Å². The fourth-order valence-electron chi connectivity index (χ4n) is 2.85. The molecule has 1 aliphatic rings. The minimum absolute atomic E-state index is 0.0103. The first-order valence-corrected chi connectivity index (χ1v) is 9.75. The van der Waals surface area contributed by atoms with Crippen LogP contribution in [0.15, 0.2) is 53.4 Å². The summed E-state index contributed by atoms with van der Waals surface area (Å²) in [4.78, 5) is 1.47. The van der Waals surface area contributed by atoms with Crippen LogP contribution in [-0.4, -0.2) is 45.7 Å². The average molecular weight is 382 g/mol. The Hall–Kier alpha value is -1.87. The second-order valence-corrected chi connectivity index (χ2v) is 7.88. The van der Waals surface area contributed by atoms with Gasteiger partial charge in [-0.25, -0.2) is 21.9 Å². The molecule has 26 heavy (non-hydrogen) atoms. The van der Waals surface area contributed by atoms with Gasteiger partial charge in [-0.05, 0) is 23.8 Å². The van der Waals surface area contributed by atoms with E-state index in [-0.39, 0.29) is 12.6 Å². The highest BCUT2D eigenvalue weighted by Gasteiger charge is 2.25. The van der Waals surface area contributed by atoms with E-state index in [1.165, 1.54) is 0 Å². The number of hydrogen-bond acceptors (Lipinski definition) is 4. The molecule has 3 rings (SSSR count). The Labute approximate surface area is 151 Å². The van der Waals surface area contributed by atoms with Gasteiger partial charge in [-0.2, -0.15) is 0 Å². The van der Waals surface area contributed by atoms with Crippen molar-refractivity contribution in [3.05, 3.63) is 65.7 Å². The second-order valence-electron chi connectivity index (χ2n) is 6.14. The Kier molecular flexibility index (Phi) is 5.98. The van der Waals surface area contributed by atoms with E-state index >= 15 is 0 Å². The lowest BCUT2D eigenvalue weighted by molar-refractivity contribution is -0.0276. The number of hydrogen-bond donors (Lipinski definition) is 1. The van der Waals surface area contributed by atoms with Crippen molar-refractivity contribution in [2.24, 2.45) is 0 Å². The fourth-order valence-corrected chi connectivity index (χ4v) is 4.01. The van der Waals surface area contributed by atoms with Gasteiger partial charge < -0.3 is 4.74 Å². The molecule has 1 fully saturated rings. The fraction of sp³-hybridized carbons (Fsp3) is 0.333. The van der Waals surface area contributed by atoms with Gasteiger partial charge in [-0.3, -0.25) is 4.90 Å². The molecule has 8 heteroatoms. The number of nitrogens with zero attached hydrogens (tertiary/aromatic N) is 1. The number of halogens is 2. The van der Waals surface area contributed by atoms with Crippen LogP contribution in [0.1, 0.15) is 5.56 Å². The van der Waals surface area contributed by atoms with E-state index in [2.05, 4.69) is 9.62 Å². The summed E-state index contributed by atoms with van der Waals surface area (Å²) in [5.41, 5.74) is 1.16. The van der Waals surface area contributed by atoms with E-state index in [1.54, 1.807) is 0 Å². The maximum atomic E-state index is 13.7. The number of rotatable bonds is 6. The molecule has 0 aromatic heterocycles. The van der Waals surface area contributed by atoms with Crippen molar-refractivity contribution in [3.63, 3.8) is 0 Å². The SMILES string of the molecule is O=S(=O)(NCC1CN(Cc2ccccc2)CCO1)c1cc(F)ccc1F. The molecule has 5 nitrogen and oxygen atoms in total. The van der Waals surface area contributed by atoms with Crippen LogP contribution in [0.4, 0.5) is 8.78 Å². The molecule has 1 saturated heterocycles. The lowest BCUT2D eigenvalue weighted by Gasteiger charge is -2.33. The molecular formula is C18H20F2N2O3S. The van der Waals surface area contributed by atoms with Gasteiger partial charge in [0, 0.05) is 26.2 Å². The Bertz CT molecular complexity index is 847. The first-order chi connectivity index (χ1) is 12.4. The second kappa shape index (κ2) is 8.22. The summed E-state index contributed by atoms with van der Waals surface area (Å²) in [6.45, 7) is 2.50. The lowest BCUT2D eigenvalue weighted by Crippen LogP contribution is -2.47. The molecule has 1 N–H and O–H groups in total. The number of benzene rings is 2. The summed E-state index contributed by atoms with van der Waals surface area (Å²) >= 11 is 0. The van der Waals surface area contributed by atoms with Gasteiger partial charge in [-0.15, -0.1) is 0 Å². The van der Waals surface area contributed by atoms with Crippen LogP contribution >= 0.6 is 0 Å². The predicted octanol–water partition coefficient (Wildman–Crippen LogP) is 2.14. The third-order valence-electron chi connectivity index (χ3n) is 4.16. The van der Waals surface area contributed by atoms with Crippen LogP contribution < -0.4 is 4.72 Å². The summed E-state index contributed by atoms with van der Waals surface area (Å²) < 4.78 is 59.3. The molecule has 1 heterocycles. The standard InChI is InChI=1S/C18H20F2N2O3S/c19-15-6-7-17(20)18(10-15)26(23,24)21-11-16-13-22(8-9-25-16)12-14-4-2-1-3-5-14/h1-7,10,16,21H,8-9,11-13H2. The minimum atomic E-state index is -4.15. The van der Waals surface area contributed by atoms with Crippen LogP contribution in [0, 0.1) is 11.6 Å². The van der Waals surface area contributed by atoms with Gasteiger partial charge in [0.1, 0.15) is 16.5 Å². The molecular weight excluding hydrogens is 362 g/mol. The van der Waals surface area contributed by atoms with Crippen LogP contribution in [0.25, 0.3) is 0 Å². The van der Waals surface area contributed by atoms with Gasteiger partial charge in [0.05, 0.1) is 12.7 Å². The molecule has 0 aliphatic carbocycles. The normalized spacial score (nSPS) is 18.8. The number of nitrogens with one attached hydrogen (secondary N) is 1. The third kappa shape index (κ3) is 4.85. The quantitative estimate of drug-likeness (QED) is 0.832. The molecule has 0 amide bonds. The third-order valence-corrected chi connectivity index (χ3v) is 5.59. The highest BCUT2D eigenvalue weighted by Crippen LogP contribution is 2.16. The van der Waals surface area contributed by atoms with Gasteiger partial charge in [-0.1, -0.05) is 30.3 Å². The van der Waals surface area contributed by atoms with Crippen LogP contribution in [-0.2, 0) is 21.3 Å². The monoisotopic (exact) mass is 382 g/mol. The number of sulfonamides is 1. The molecule has 2 aromatic rings. The van der Waals surface area contributed by atoms with E-state index in [1.807, 2.05) is 30.3 Å². The number of ether oxygens (including phenoxy) is 1. The zero-order chi connectivity index (χ0) is 18.6. The Balaban J connectivity index is 1.59. The van der Waals surface area contributed by atoms with Gasteiger partial charge >= 0.3 is 0 Å². The largest absolute Gasteiger partial charge is 0.374 e. The molecule has 0 radical (unpaired) electrons. The Morgan fingerprint density at radius 3 is 2.69 bits per heavy atom. The smallest absolute Gasteiger partial charge is 0.243 e. The highest BCUT2D eigenvalue weighted by molar-refractivity contribution is 7.89. The topological polar surface area (TPSA) is 58.6 Å². The lowest BCUT2D eigenvalue weighted by atomic mass is 10.2. The summed E-state index contributed by atoms with van der Waals surface area (Å²) in [5, 5.41) is 0. The summed E-state index contributed by atoms with van der Waals surface area (Å²) in [6, 6.07) is 12.3. The molecule has 0 bridgehead atoms. The summed E-state index contributed by atoms with van der Waals surface area (Å²) in [5.74, 6) is -1.80. The molecule has 1 unspecified atom stereocenters. The van der Waals surface area contributed by atoms with Crippen molar-refractivity contribution in [1.29, 1.82) is 0 Å². The predicted molar refractivity (Wildman–Crippen MR) is 93.0 cm³/mol. The Morgan fingerprint density at radius 2 is 1.92 bits per heavy atom. The average Bonchev–Trinajstić information content (AvgIpc) is 2.63. The molecule has 2 aromatic carbocycles. The van der Waals surface area contributed by atoms with Gasteiger partial charge in [0.25, 0.3) is 0 Å². The molecule has 1 aliphatic heterocycles. The van der Waals surface area contributed by atoms with Crippen LogP contribution in [0.2, 0.25) is 0 Å². The van der Waals surface area contributed by atoms with E-state index in [9.17, 15) is 17.2 Å². The van der Waals surface area contributed by atoms with E-state index in [4.69, 9.17) is 4.74 Å². The number of morpholine rings is 1. The minimum Gasteiger partial charge on any atom is -0.374 e. The van der Waals surface area contributed by atoms with Crippen molar-refractivity contribution < 1.29 is 21.9 Å². The van der Waals surface area contributed by atoms with Crippen LogP contribution in [0.5, 0.6) is 0 Å².